The molecule has 0 aliphatic carbocycles. The van der Waals surface area contributed by atoms with Gasteiger partial charge in [-0.3, -0.25) is 4.79 Å². The molecule has 118 valence electrons. The van der Waals surface area contributed by atoms with Gasteiger partial charge in [-0.25, -0.2) is 4.39 Å². The number of halogens is 1. The van der Waals surface area contributed by atoms with Crippen LogP contribution < -0.4 is 5.32 Å². The van der Waals surface area contributed by atoms with E-state index in [1.165, 1.54) is 6.07 Å². The third kappa shape index (κ3) is 2.73. The highest BCUT2D eigenvalue weighted by molar-refractivity contribution is 5.88. The Morgan fingerprint density at radius 2 is 2.32 bits per heavy atom. The van der Waals surface area contributed by atoms with Crippen molar-refractivity contribution in [3.63, 3.8) is 0 Å². The van der Waals surface area contributed by atoms with Crippen molar-refractivity contribution in [2.75, 3.05) is 13.2 Å². The molecule has 3 rings (SSSR count). The molecule has 1 fully saturated rings. The Morgan fingerprint density at radius 3 is 3.00 bits per heavy atom. The molecular formula is C17H21FN2O2. The molecule has 0 radical (unpaired) electrons. The number of fused-ring (bicyclic) bond motifs is 1. The minimum atomic E-state index is -0.272. The van der Waals surface area contributed by atoms with E-state index in [1.54, 1.807) is 6.07 Å². The van der Waals surface area contributed by atoms with E-state index in [-0.39, 0.29) is 17.6 Å². The fourth-order valence-electron chi connectivity index (χ4n) is 3.07. The number of amides is 1. The number of hydrogen-bond acceptors (Lipinski definition) is 2. The first-order chi connectivity index (χ1) is 10.6. The predicted octanol–water partition coefficient (Wildman–Crippen LogP) is 2.83. The van der Waals surface area contributed by atoms with Gasteiger partial charge in [-0.1, -0.05) is 6.92 Å². The number of ether oxygens (including phenoxy) is 1. The smallest absolute Gasteiger partial charge is 0.225 e. The van der Waals surface area contributed by atoms with Crippen LogP contribution in [0.15, 0.2) is 12.1 Å². The normalized spacial score (nSPS) is 18.0. The summed E-state index contributed by atoms with van der Waals surface area (Å²) in [5.74, 6) is -0.375. The Hall–Kier alpha value is -1.88. The zero-order valence-electron chi connectivity index (χ0n) is 13.0. The van der Waals surface area contributed by atoms with Crippen LogP contribution in [0.25, 0.3) is 10.9 Å². The number of aromatic amines is 1. The van der Waals surface area contributed by atoms with Crippen LogP contribution in [0.4, 0.5) is 4.39 Å². The average molecular weight is 304 g/mol. The Morgan fingerprint density at radius 1 is 1.50 bits per heavy atom. The quantitative estimate of drug-likeness (QED) is 0.912. The second-order valence-corrected chi connectivity index (χ2v) is 5.85. The summed E-state index contributed by atoms with van der Waals surface area (Å²) in [5.41, 5.74) is 3.88. The fraction of sp³-hybridized carbons (Fsp3) is 0.471. The van der Waals surface area contributed by atoms with Crippen molar-refractivity contribution < 1.29 is 13.9 Å². The number of hydrogen-bond donors (Lipinski definition) is 2. The number of aromatic nitrogens is 1. The minimum Gasteiger partial charge on any atom is -0.381 e. The molecule has 2 heterocycles. The first-order valence-electron chi connectivity index (χ1n) is 7.75. The summed E-state index contributed by atoms with van der Waals surface area (Å²) in [6, 6.07) is 3.04. The van der Waals surface area contributed by atoms with Crippen LogP contribution in [0, 0.1) is 18.7 Å². The van der Waals surface area contributed by atoms with Gasteiger partial charge in [0.2, 0.25) is 5.91 Å². The van der Waals surface area contributed by atoms with Crippen molar-refractivity contribution in [2.45, 2.75) is 33.2 Å². The molecule has 0 bridgehead atoms. The molecule has 0 spiro atoms. The molecule has 2 N–H and O–H groups in total. The minimum absolute atomic E-state index is 0.0195. The van der Waals surface area contributed by atoms with Crippen molar-refractivity contribution >= 4 is 16.8 Å². The molecule has 0 saturated carbocycles. The maximum Gasteiger partial charge on any atom is 0.225 e. The fourth-order valence-corrected chi connectivity index (χ4v) is 3.07. The number of carbonyl (C=O) groups excluding carboxylic acids is 1. The van der Waals surface area contributed by atoms with Gasteiger partial charge in [0.25, 0.3) is 0 Å². The first-order valence-corrected chi connectivity index (χ1v) is 7.75. The maximum absolute atomic E-state index is 13.9. The lowest BCUT2D eigenvalue weighted by atomic mass is 10.1. The van der Waals surface area contributed by atoms with Gasteiger partial charge in [-0.2, -0.15) is 0 Å². The van der Waals surface area contributed by atoms with Gasteiger partial charge in [-0.15, -0.1) is 0 Å². The summed E-state index contributed by atoms with van der Waals surface area (Å²) in [7, 11) is 0. The number of aryl methyl sites for hydroxylation is 2. The molecule has 4 nitrogen and oxygen atoms in total. The van der Waals surface area contributed by atoms with E-state index in [1.807, 2.05) is 6.92 Å². The van der Waals surface area contributed by atoms with Crippen LogP contribution in [-0.4, -0.2) is 24.1 Å². The van der Waals surface area contributed by atoms with E-state index >= 15 is 0 Å². The Labute approximate surface area is 129 Å². The number of H-pyrrole nitrogens is 1. The summed E-state index contributed by atoms with van der Waals surface area (Å²) < 4.78 is 19.1. The summed E-state index contributed by atoms with van der Waals surface area (Å²) in [5, 5.41) is 3.80. The highest BCUT2D eigenvalue weighted by Crippen LogP contribution is 2.26. The van der Waals surface area contributed by atoms with Crippen molar-refractivity contribution in [3.8, 4) is 0 Å². The Bertz CT molecular complexity index is 702. The molecule has 1 aromatic carbocycles. The van der Waals surface area contributed by atoms with Gasteiger partial charge in [0.1, 0.15) is 5.82 Å². The molecule has 1 atom stereocenters. The molecule has 1 amide bonds. The lowest BCUT2D eigenvalue weighted by Crippen LogP contribution is -2.30. The standard InChI is InChI=1S/C17H21FN2O2/c1-3-15-10(2)14-7-13(18)6-12(16(14)20-15)8-19-17(21)11-4-5-22-9-11/h6-7,11,20H,3-5,8-9H2,1-2H3,(H,19,21)/t11-/m0/s1. The molecule has 5 heteroatoms. The van der Waals surface area contributed by atoms with E-state index in [0.717, 1.165) is 40.6 Å². The first kappa shape index (κ1) is 15.0. The van der Waals surface area contributed by atoms with E-state index in [0.29, 0.717) is 19.8 Å². The highest BCUT2D eigenvalue weighted by atomic mass is 19.1. The second-order valence-electron chi connectivity index (χ2n) is 5.85. The Kier molecular flexibility index (Phi) is 4.16. The van der Waals surface area contributed by atoms with Gasteiger partial charge in [0, 0.05) is 24.2 Å². The van der Waals surface area contributed by atoms with Gasteiger partial charge < -0.3 is 15.0 Å². The lowest BCUT2D eigenvalue weighted by molar-refractivity contribution is -0.125. The molecule has 1 aliphatic heterocycles. The highest BCUT2D eigenvalue weighted by Gasteiger charge is 2.23. The van der Waals surface area contributed by atoms with Crippen molar-refractivity contribution in [3.05, 3.63) is 34.8 Å². The predicted molar refractivity (Wildman–Crippen MR) is 83.1 cm³/mol. The van der Waals surface area contributed by atoms with Crippen LogP contribution >= 0.6 is 0 Å². The van der Waals surface area contributed by atoms with Crippen LogP contribution in [0.1, 0.15) is 30.2 Å². The topological polar surface area (TPSA) is 54.1 Å². The maximum atomic E-state index is 13.9. The third-order valence-electron chi connectivity index (χ3n) is 4.42. The van der Waals surface area contributed by atoms with Crippen LogP contribution in [0.3, 0.4) is 0 Å². The summed E-state index contributed by atoms with van der Waals surface area (Å²) in [4.78, 5) is 15.4. The largest absolute Gasteiger partial charge is 0.381 e. The third-order valence-corrected chi connectivity index (χ3v) is 4.42. The van der Waals surface area contributed by atoms with E-state index < -0.39 is 0 Å². The van der Waals surface area contributed by atoms with Crippen LogP contribution in [0.5, 0.6) is 0 Å². The van der Waals surface area contributed by atoms with E-state index in [4.69, 9.17) is 4.74 Å². The zero-order chi connectivity index (χ0) is 15.7. The SMILES string of the molecule is CCc1[nH]c2c(CNC(=O)[C@H]3CCOC3)cc(F)cc2c1C. The molecule has 1 aliphatic rings. The second kappa shape index (κ2) is 6.08. The summed E-state index contributed by atoms with van der Waals surface area (Å²) in [6.45, 7) is 5.50. The summed E-state index contributed by atoms with van der Waals surface area (Å²) in [6.07, 6.45) is 1.62. The van der Waals surface area contributed by atoms with Crippen molar-refractivity contribution in [1.29, 1.82) is 0 Å². The number of carbonyl (C=O) groups is 1. The average Bonchev–Trinajstić information content (AvgIpc) is 3.13. The summed E-state index contributed by atoms with van der Waals surface area (Å²) >= 11 is 0. The lowest BCUT2D eigenvalue weighted by Gasteiger charge is -2.10. The molecule has 22 heavy (non-hydrogen) atoms. The molecule has 2 aromatic rings. The zero-order valence-corrected chi connectivity index (χ0v) is 13.0. The molecule has 1 saturated heterocycles. The van der Waals surface area contributed by atoms with E-state index in [9.17, 15) is 9.18 Å². The number of rotatable bonds is 4. The van der Waals surface area contributed by atoms with Crippen molar-refractivity contribution in [1.82, 2.24) is 10.3 Å². The van der Waals surface area contributed by atoms with Gasteiger partial charge in [0.05, 0.1) is 18.0 Å². The van der Waals surface area contributed by atoms with Crippen LogP contribution in [0.2, 0.25) is 0 Å². The van der Waals surface area contributed by atoms with Crippen LogP contribution in [-0.2, 0) is 22.5 Å². The Balaban J connectivity index is 1.85. The number of nitrogens with one attached hydrogen (secondary N) is 2. The van der Waals surface area contributed by atoms with Gasteiger partial charge >= 0.3 is 0 Å². The number of benzene rings is 1. The van der Waals surface area contributed by atoms with Gasteiger partial charge in [0.15, 0.2) is 0 Å². The van der Waals surface area contributed by atoms with Crippen molar-refractivity contribution in [2.24, 2.45) is 5.92 Å². The van der Waals surface area contributed by atoms with E-state index in [2.05, 4.69) is 17.2 Å². The molecular weight excluding hydrogens is 283 g/mol. The van der Waals surface area contributed by atoms with Gasteiger partial charge in [-0.05, 0) is 43.0 Å². The monoisotopic (exact) mass is 304 g/mol. The molecule has 1 aromatic heterocycles. The molecule has 0 unspecified atom stereocenters.